The van der Waals surface area contributed by atoms with Crippen molar-refractivity contribution in [3.63, 3.8) is 0 Å². The summed E-state index contributed by atoms with van der Waals surface area (Å²) in [6.07, 6.45) is 2.30. The molecule has 0 aliphatic rings. The Kier molecular flexibility index (Phi) is 5.07. The molecule has 0 amide bonds. The quantitative estimate of drug-likeness (QED) is 0.666. The fraction of sp³-hybridized carbons (Fsp3) is 1.00. The summed E-state index contributed by atoms with van der Waals surface area (Å²) in [6, 6.07) is 0. The van der Waals surface area contributed by atoms with Gasteiger partial charge in [0.2, 0.25) is 0 Å². The Balaban J connectivity index is 3.99. The van der Waals surface area contributed by atoms with E-state index in [0.29, 0.717) is 5.92 Å². The molecule has 12 heavy (non-hydrogen) atoms. The van der Waals surface area contributed by atoms with Crippen LogP contribution >= 0.6 is 0 Å². The van der Waals surface area contributed by atoms with Gasteiger partial charge in [-0.2, -0.15) is 0 Å². The van der Waals surface area contributed by atoms with E-state index >= 15 is 0 Å². The van der Waals surface area contributed by atoms with Crippen molar-refractivity contribution in [2.24, 2.45) is 5.92 Å². The minimum atomic E-state index is -0.667. The lowest BCUT2D eigenvalue weighted by Crippen LogP contribution is -2.27. The standard InChI is InChI=1S/C10H22OS/c1-6-9(7-2)8-12(11)10(3,4)5/h9H,6-8H2,1-5H3. The number of hydrogen-bond donors (Lipinski definition) is 0. The molecule has 0 heterocycles. The van der Waals surface area contributed by atoms with Crippen LogP contribution in [0.25, 0.3) is 0 Å². The SMILES string of the molecule is CCC(CC)CS(=O)C(C)(C)C. The van der Waals surface area contributed by atoms with Crippen molar-refractivity contribution in [2.75, 3.05) is 5.75 Å². The van der Waals surface area contributed by atoms with Crippen LogP contribution < -0.4 is 0 Å². The van der Waals surface area contributed by atoms with E-state index in [0.717, 1.165) is 18.6 Å². The Morgan fingerprint density at radius 3 is 1.83 bits per heavy atom. The Morgan fingerprint density at radius 2 is 1.58 bits per heavy atom. The molecule has 0 bridgehead atoms. The van der Waals surface area contributed by atoms with Gasteiger partial charge in [-0.15, -0.1) is 0 Å². The van der Waals surface area contributed by atoms with Gasteiger partial charge in [0.15, 0.2) is 0 Å². The molecule has 0 aromatic carbocycles. The average molecular weight is 190 g/mol. The maximum absolute atomic E-state index is 11.7. The largest absolute Gasteiger partial charge is 0.259 e. The van der Waals surface area contributed by atoms with E-state index in [1.165, 1.54) is 0 Å². The zero-order valence-corrected chi connectivity index (χ0v) is 9.83. The lowest BCUT2D eigenvalue weighted by molar-refractivity contribution is 0.538. The molecular weight excluding hydrogens is 168 g/mol. The Labute approximate surface area is 79.4 Å². The first-order valence-electron chi connectivity index (χ1n) is 4.80. The van der Waals surface area contributed by atoms with E-state index in [4.69, 9.17) is 0 Å². The smallest absolute Gasteiger partial charge is 0.0375 e. The highest BCUT2D eigenvalue weighted by atomic mass is 32.2. The molecule has 1 unspecified atom stereocenters. The van der Waals surface area contributed by atoms with Crippen molar-refractivity contribution in [3.8, 4) is 0 Å². The fourth-order valence-corrected chi connectivity index (χ4v) is 2.39. The second-order valence-electron chi connectivity index (χ2n) is 4.31. The maximum Gasteiger partial charge on any atom is 0.0375 e. The zero-order chi connectivity index (χ0) is 9.78. The zero-order valence-electron chi connectivity index (χ0n) is 9.02. The molecule has 0 aliphatic heterocycles. The van der Waals surface area contributed by atoms with Gasteiger partial charge in [0.05, 0.1) is 0 Å². The molecule has 2 heteroatoms. The van der Waals surface area contributed by atoms with E-state index in [-0.39, 0.29) is 4.75 Å². The van der Waals surface area contributed by atoms with Crippen LogP contribution in [-0.4, -0.2) is 14.7 Å². The third-order valence-corrected chi connectivity index (χ3v) is 4.36. The molecule has 0 aliphatic carbocycles. The summed E-state index contributed by atoms with van der Waals surface area (Å²) in [4.78, 5) is 0. The first-order valence-corrected chi connectivity index (χ1v) is 6.12. The van der Waals surface area contributed by atoms with Gasteiger partial charge in [-0.25, -0.2) is 0 Å². The first kappa shape index (κ1) is 12.2. The summed E-state index contributed by atoms with van der Waals surface area (Å²) in [5, 5.41) is 0. The Bertz CT molecular complexity index is 142. The van der Waals surface area contributed by atoms with Gasteiger partial charge in [0.1, 0.15) is 0 Å². The normalized spacial score (nSPS) is 15.2. The number of rotatable bonds is 4. The second kappa shape index (κ2) is 5.00. The molecule has 0 N–H and O–H groups in total. The van der Waals surface area contributed by atoms with Crippen LogP contribution in [0.2, 0.25) is 0 Å². The molecule has 1 atom stereocenters. The van der Waals surface area contributed by atoms with Crippen LogP contribution in [0, 0.1) is 5.92 Å². The molecule has 0 saturated carbocycles. The monoisotopic (exact) mass is 190 g/mol. The average Bonchev–Trinajstić information content (AvgIpc) is 1.97. The third-order valence-electron chi connectivity index (χ3n) is 2.22. The van der Waals surface area contributed by atoms with Gasteiger partial charge < -0.3 is 0 Å². The molecular formula is C10H22OS. The Morgan fingerprint density at radius 1 is 1.17 bits per heavy atom. The minimum Gasteiger partial charge on any atom is -0.259 e. The van der Waals surface area contributed by atoms with Crippen molar-refractivity contribution in [1.82, 2.24) is 0 Å². The highest BCUT2D eigenvalue weighted by Crippen LogP contribution is 2.17. The van der Waals surface area contributed by atoms with Crippen LogP contribution in [-0.2, 0) is 10.8 Å². The van der Waals surface area contributed by atoms with Crippen LogP contribution in [0.3, 0.4) is 0 Å². The van der Waals surface area contributed by atoms with Crippen LogP contribution in [0.1, 0.15) is 47.5 Å². The molecule has 0 rings (SSSR count). The molecule has 0 saturated heterocycles. The third kappa shape index (κ3) is 4.24. The van der Waals surface area contributed by atoms with Crippen LogP contribution in [0.15, 0.2) is 0 Å². The molecule has 0 aromatic heterocycles. The van der Waals surface area contributed by atoms with Crippen molar-refractivity contribution in [1.29, 1.82) is 0 Å². The van der Waals surface area contributed by atoms with Crippen molar-refractivity contribution in [2.45, 2.75) is 52.2 Å². The molecule has 1 nitrogen and oxygen atoms in total. The number of hydrogen-bond acceptors (Lipinski definition) is 1. The van der Waals surface area contributed by atoms with E-state index < -0.39 is 10.8 Å². The van der Waals surface area contributed by atoms with Crippen molar-refractivity contribution in [3.05, 3.63) is 0 Å². The summed E-state index contributed by atoms with van der Waals surface area (Å²) in [6.45, 7) is 10.5. The van der Waals surface area contributed by atoms with Gasteiger partial charge in [-0.1, -0.05) is 26.7 Å². The van der Waals surface area contributed by atoms with E-state index in [1.807, 2.05) is 20.8 Å². The fourth-order valence-electron chi connectivity index (χ4n) is 0.988. The van der Waals surface area contributed by atoms with Gasteiger partial charge in [0, 0.05) is 21.3 Å². The van der Waals surface area contributed by atoms with E-state index in [9.17, 15) is 4.21 Å². The molecule has 0 spiro atoms. The predicted octanol–water partition coefficient (Wildman–Crippen LogP) is 2.97. The predicted molar refractivity (Wildman–Crippen MR) is 56.8 cm³/mol. The highest BCUT2D eigenvalue weighted by molar-refractivity contribution is 7.86. The Hall–Kier alpha value is 0.150. The lowest BCUT2D eigenvalue weighted by atomic mass is 10.1. The summed E-state index contributed by atoms with van der Waals surface area (Å²) in [7, 11) is -0.667. The molecule has 0 radical (unpaired) electrons. The van der Waals surface area contributed by atoms with Gasteiger partial charge in [0.25, 0.3) is 0 Å². The first-order chi connectivity index (χ1) is 5.41. The van der Waals surface area contributed by atoms with Crippen LogP contribution in [0.5, 0.6) is 0 Å². The summed E-state index contributed by atoms with van der Waals surface area (Å²) in [5.41, 5.74) is 0. The topological polar surface area (TPSA) is 17.1 Å². The lowest BCUT2D eigenvalue weighted by Gasteiger charge is -2.21. The summed E-state index contributed by atoms with van der Waals surface area (Å²) in [5.74, 6) is 1.52. The van der Waals surface area contributed by atoms with Gasteiger partial charge >= 0.3 is 0 Å². The molecule has 0 fully saturated rings. The van der Waals surface area contributed by atoms with E-state index in [2.05, 4.69) is 13.8 Å². The van der Waals surface area contributed by atoms with Crippen LogP contribution in [0.4, 0.5) is 0 Å². The minimum absolute atomic E-state index is 0.0391. The maximum atomic E-state index is 11.7. The van der Waals surface area contributed by atoms with E-state index in [1.54, 1.807) is 0 Å². The summed E-state index contributed by atoms with van der Waals surface area (Å²) < 4.78 is 11.7. The van der Waals surface area contributed by atoms with Crippen molar-refractivity contribution >= 4 is 10.8 Å². The molecule has 0 aromatic rings. The van der Waals surface area contributed by atoms with Gasteiger partial charge in [-0.05, 0) is 26.7 Å². The highest BCUT2D eigenvalue weighted by Gasteiger charge is 2.21. The summed E-state index contributed by atoms with van der Waals surface area (Å²) >= 11 is 0. The van der Waals surface area contributed by atoms with Crippen molar-refractivity contribution < 1.29 is 4.21 Å². The second-order valence-corrected chi connectivity index (χ2v) is 6.56. The molecule has 74 valence electrons. The van der Waals surface area contributed by atoms with Gasteiger partial charge in [-0.3, -0.25) is 4.21 Å².